The zero-order valence-corrected chi connectivity index (χ0v) is 14.6. The number of carbonyl (C=O) groups is 2. The topological polar surface area (TPSA) is 83.6 Å². The summed E-state index contributed by atoms with van der Waals surface area (Å²) in [6.45, 7) is -0.241. The Kier molecular flexibility index (Phi) is 6.10. The van der Waals surface area contributed by atoms with Gasteiger partial charge in [-0.05, 0) is 25.0 Å². The Bertz CT molecular complexity index is 747. The van der Waals surface area contributed by atoms with E-state index in [9.17, 15) is 26.8 Å². The highest BCUT2D eigenvalue weighted by atomic mass is 32.2. The number of hydrogen-bond acceptors (Lipinski definition) is 4. The van der Waals surface area contributed by atoms with Gasteiger partial charge in [-0.25, -0.2) is 17.2 Å². The van der Waals surface area contributed by atoms with Crippen LogP contribution in [0.15, 0.2) is 18.2 Å². The van der Waals surface area contributed by atoms with Gasteiger partial charge in [-0.15, -0.1) is 0 Å². The molecule has 6 nitrogen and oxygen atoms in total. The quantitative estimate of drug-likeness (QED) is 0.793. The van der Waals surface area contributed by atoms with Crippen LogP contribution >= 0.6 is 0 Å². The van der Waals surface area contributed by atoms with Gasteiger partial charge in [0.1, 0.15) is 11.6 Å². The molecule has 1 aromatic rings. The molecule has 1 fully saturated rings. The molecule has 0 spiro atoms. The first-order valence-corrected chi connectivity index (χ1v) is 9.67. The Morgan fingerprint density at radius 3 is 2.48 bits per heavy atom. The third-order valence-electron chi connectivity index (χ3n) is 4.05. The molecule has 0 radical (unpaired) electrons. The van der Waals surface area contributed by atoms with E-state index in [-0.39, 0.29) is 36.5 Å². The fourth-order valence-corrected chi connectivity index (χ4v) is 4.35. The molecule has 0 aliphatic carbocycles. The molecule has 1 aliphatic heterocycles. The molecule has 1 saturated heterocycles. The third-order valence-corrected chi connectivity index (χ3v) is 5.82. The molecule has 1 N–H and O–H groups in total. The molecule has 1 atom stereocenters. The zero-order chi connectivity index (χ0) is 18.6. The van der Waals surface area contributed by atoms with Crippen LogP contribution in [-0.2, 0) is 25.8 Å². The molecule has 0 bridgehead atoms. The van der Waals surface area contributed by atoms with E-state index in [0.29, 0.717) is 6.42 Å². The molecule has 1 aromatic carbocycles. The number of amides is 2. The van der Waals surface area contributed by atoms with Gasteiger partial charge in [-0.3, -0.25) is 9.59 Å². The van der Waals surface area contributed by atoms with Crippen molar-refractivity contribution in [2.45, 2.75) is 25.3 Å². The van der Waals surface area contributed by atoms with Crippen LogP contribution in [-0.4, -0.2) is 56.3 Å². The van der Waals surface area contributed by atoms with Crippen molar-refractivity contribution in [2.75, 3.05) is 25.1 Å². The lowest BCUT2D eigenvalue weighted by atomic mass is 10.1. The second-order valence-electron chi connectivity index (χ2n) is 6.12. The van der Waals surface area contributed by atoms with Crippen molar-refractivity contribution in [2.24, 2.45) is 0 Å². The standard InChI is InChI=1S/C16H20F2N2O4S/c1-20(9-15(21)19-11-7-8-25(23,24)10-11)16(22)6-5-12-13(17)3-2-4-14(12)18/h2-4,11H,5-10H2,1H3,(H,19,21)/t11-/m1/s1. The van der Waals surface area contributed by atoms with E-state index in [4.69, 9.17) is 0 Å². The molecule has 1 aliphatic rings. The van der Waals surface area contributed by atoms with Crippen LogP contribution in [0.2, 0.25) is 0 Å². The highest BCUT2D eigenvalue weighted by Crippen LogP contribution is 2.14. The van der Waals surface area contributed by atoms with E-state index in [2.05, 4.69) is 5.32 Å². The number of nitrogens with one attached hydrogen (secondary N) is 1. The Morgan fingerprint density at radius 1 is 1.28 bits per heavy atom. The van der Waals surface area contributed by atoms with Gasteiger partial charge < -0.3 is 10.2 Å². The number of rotatable bonds is 6. The Labute approximate surface area is 145 Å². The third kappa shape index (κ3) is 5.48. The lowest BCUT2D eigenvalue weighted by Gasteiger charge is -2.18. The molecule has 0 unspecified atom stereocenters. The minimum Gasteiger partial charge on any atom is -0.351 e. The molecule has 0 saturated carbocycles. The second-order valence-corrected chi connectivity index (χ2v) is 8.35. The summed E-state index contributed by atoms with van der Waals surface area (Å²) < 4.78 is 49.7. The number of benzene rings is 1. The molecule has 0 aromatic heterocycles. The molecular weight excluding hydrogens is 354 g/mol. The minimum absolute atomic E-state index is 0.0426. The van der Waals surface area contributed by atoms with Crippen molar-refractivity contribution in [3.8, 4) is 0 Å². The van der Waals surface area contributed by atoms with Crippen LogP contribution in [0.1, 0.15) is 18.4 Å². The van der Waals surface area contributed by atoms with Gasteiger partial charge in [0, 0.05) is 25.1 Å². The maximum Gasteiger partial charge on any atom is 0.239 e. The number of carbonyl (C=O) groups excluding carboxylic acids is 2. The summed E-state index contributed by atoms with van der Waals surface area (Å²) in [6.07, 6.45) is 0.113. The molecule has 9 heteroatoms. The van der Waals surface area contributed by atoms with Gasteiger partial charge in [0.15, 0.2) is 9.84 Å². The molecule has 2 rings (SSSR count). The molecule has 138 valence electrons. The summed E-state index contributed by atoms with van der Waals surface area (Å²) in [5.41, 5.74) is -0.162. The van der Waals surface area contributed by atoms with E-state index in [1.165, 1.54) is 13.1 Å². The van der Waals surface area contributed by atoms with E-state index in [1.54, 1.807) is 0 Å². The van der Waals surface area contributed by atoms with Crippen LogP contribution in [0.5, 0.6) is 0 Å². The van der Waals surface area contributed by atoms with Crippen LogP contribution in [0, 0.1) is 11.6 Å². The van der Waals surface area contributed by atoms with Crippen molar-refractivity contribution in [1.82, 2.24) is 10.2 Å². The lowest BCUT2D eigenvalue weighted by molar-refractivity contribution is -0.134. The summed E-state index contributed by atoms with van der Waals surface area (Å²) in [4.78, 5) is 25.1. The Hall–Kier alpha value is -2.03. The monoisotopic (exact) mass is 374 g/mol. The molecular formula is C16H20F2N2O4S. The Balaban J connectivity index is 1.81. The highest BCUT2D eigenvalue weighted by Gasteiger charge is 2.29. The van der Waals surface area contributed by atoms with Crippen LogP contribution in [0.3, 0.4) is 0 Å². The van der Waals surface area contributed by atoms with Crippen molar-refractivity contribution < 1.29 is 26.8 Å². The van der Waals surface area contributed by atoms with Crippen LogP contribution in [0.25, 0.3) is 0 Å². The fourth-order valence-electron chi connectivity index (χ4n) is 2.68. The van der Waals surface area contributed by atoms with Gasteiger partial charge in [0.05, 0.1) is 18.1 Å². The largest absolute Gasteiger partial charge is 0.351 e. The first-order valence-electron chi connectivity index (χ1n) is 7.84. The van der Waals surface area contributed by atoms with Crippen molar-refractivity contribution in [3.05, 3.63) is 35.4 Å². The SMILES string of the molecule is CN(CC(=O)N[C@@H]1CCS(=O)(=O)C1)C(=O)CCc1c(F)cccc1F. The second kappa shape index (κ2) is 7.90. The zero-order valence-electron chi connectivity index (χ0n) is 13.8. The number of hydrogen-bond donors (Lipinski definition) is 1. The first-order chi connectivity index (χ1) is 11.7. The smallest absolute Gasteiger partial charge is 0.239 e. The highest BCUT2D eigenvalue weighted by molar-refractivity contribution is 7.91. The summed E-state index contributed by atoms with van der Waals surface area (Å²) in [7, 11) is -1.69. The van der Waals surface area contributed by atoms with E-state index >= 15 is 0 Å². The minimum atomic E-state index is -3.10. The summed E-state index contributed by atoms with van der Waals surface area (Å²) in [5, 5.41) is 2.58. The van der Waals surface area contributed by atoms with Crippen LogP contribution in [0.4, 0.5) is 8.78 Å². The summed E-state index contributed by atoms with van der Waals surface area (Å²) in [6, 6.07) is 3.05. The van der Waals surface area contributed by atoms with E-state index < -0.39 is 39.3 Å². The lowest BCUT2D eigenvalue weighted by Crippen LogP contribution is -2.43. The van der Waals surface area contributed by atoms with Gasteiger partial charge >= 0.3 is 0 Å². The first kappa shape index (κ1) is 19.3. The average Bonchev–Trinajstić information content (AvgIpc) is 2.85. The maximum atomic E-state index is 13.5. The van der Waals surface area contributed by atoms with Crippen molar-refractivity contribution in [1.29, 1.82) is 0 Å². The average molecular weight is 374 g/mol. The van der Waals surface area contributed by atoms with Crippen molar-refractivity contribution >= 4 is 21.7 Å². The molecule has 25 heavy (non-hydrogen) atoms. The van der Waals surface area contributed by atoms with Gasteiger partial charge in [-0.1, -0.05) is 6.07 Å². The summed E-state index contributed by atoms with van der Waals surface area (Å²) in [5.74, 6) is -2.37. The number of sulfone groups is 1. The van der Waals surface area contributed by atoms with Gasteiger partial charge in [0.25, 0.3) is 0 Å². The van der Waals surface area contributed by atoms with E-state index in [1.807, 2.05) is 0 Å². The van der Waals surface area contributed by atoms with E-state index in [0.717, 1.165) is 17.0 Å². The summed E-state index contributed by atoms with van der Waals surface area (Å²) >= 11 is 0. The fraction of sp³-hybridized carbons (Fsp3) is 0.500. The maximum absolute atomic E-state index is 13.5. The number of halogens is 2. The molecule has 2 amide bonds. The normalized spacial score (nSPS) is 18.8. The van der Waals surface area contributed by atoms with Crippen LogP contribution < -0.4 is 5.32 Å². The van der Waals surface area contributed by atoms with Gasteiger partial charge in [0.2, 0.25) is 11.8 Å². The van der Waals surface area contributed by atoms with Crippen molar-refractivity contribution in [3.63, 3.8) is 0 Å². The predicted molar refractivity (Wildman–Crippen MR) is 87.5 cm³/mol. The predicted octanol–water partition coefficient (Wildman–Crippen LogP) is 0.659. The molecule has 1 heterocycles. The Morgan fingerprint density at radius 2 is 1.92 bits per heavy atom. The number of likely N-dealkylation sites (N-methyl/N-ethyl adjacent to an activating group) is 1. The van der Waals surface area contributed by atoms with Gasteiger partial charge in [-0.2, -0.15) is 0 Å². The number of nitrogens with zero attached hydrogens (tertiary/aromatic N) is 1.